The van der Waals surface area contributed by atoms with Gasteiger partial charge in [-0.2, -0.15) is 13.2 Å². The molecule has 31 heavy (non-hydrogen) atoms. The number of nitrogens with zero attached hydrogens (tertiary/aromatic N) is 3. The fourth-order valence-electron chi connectivity index (χ4n) is 2.96. The van der Waals surface area contributed by atoms with Gasteiger partial charge in [0.2, 0.25) is 0 Å². The molecule has 0 unspecified atom stereocenters. The van der Waals surface area contributed by atoms with Crippen LogP contribution in [0.5, 0.6) is 5.75 Å². The van der Waals surface area contributed by atoms with Gasteiger partial charge in [-0.05, 0) is 48.5 Å². The number of halogens is 3. The number of anilines is 2. The number of ether oxygens (including phenoxy) is 1. The highest BCUT2D eigenvalue weighted by Gasteiger charge is 2.30. The van der Waals surface area contributed by atoms with E-state index in [2.05, 4.69) is 20.3 Å². The molecule has 0 spiro atoms. The third-order valence-electron chi connectivity index (χ3n) is 4.49. The van der Waals surface area contributed by atoms with Crippen molar-refractivity contribution in [3.05, 3.63) is 84.7 Å². The molecule has 2 aromatic heterocycles. The lowest BCUT2D eigenvalue weighted by atomic mass is 10.1. The number of benzene rings is 2. The molecule has 0 aliphatic heterocycles. The number of hydrogen-bond donors (Lipinski definition) is 1. The first-order chi connectivity index (χ1) is 14.9. The molecule has 8 heteroatoms. The van der Waals surface area contributed by atoms with E-state index in [0.717, 1.165) is 17.8 Å². The third kappa shape index (κ3) is 4.80. The Bertz CT molecular complexity index is 1180. The molecular weight excluding hydrogens is 405 g/mol. The molecule has 156 valence electrons. The largest absolute Gasteiger partial charge is 0.497 e. The van der Waals surface area contributed by atoms with Crippen LogP contribution in [0.1, 0.15) is 5.56 Å². The van der Waals surface area contributed by atoms with Gasteiger partial charge >= 0.3 is 6.18 Å². The van der Waals surface area contributed by atoms with Crippen molar-refractivity contribution in [1.29, 1.82) is 0 Å². The van der Waals surface area contributed by atoms with Crippen LogP contribution in [0.3, 0.4) is 0 Å². The smallest absolute Gasteiger partial charge is 0.416 e. The predicted octanol–water partition coefficient (Wildman–Crippen LogP) is 5.98. The topological polar surface area (TPSA) is 59.9 Å². The van der Waals surface area contributed by atoms with E-state index < -0.39 is 11.7 Å². The Labute approximate surface area is 176 Å². The van der Waals surface area contributed by atoms with Crippen LogP contribution in [0, 0.1) is 0 Å². The van der Waals surface area contributed by atoms with Gasteiger partial charge in [0.25, 0.3) is 0 Å². The van der Waals surface area contributed by atoms with Gasteiger partial charge in [0.05, 0.1) is 18.4 Å². The molecule has 4 rings (SSSR count). The molecule has 0 fully saturated rings. The van der Waals surface area contributed by atoms with Gasteiger partial charge in [-0.25, -0.2) is 9.97 Å². The highest BCUT2D eigenvalue weighted by Crippen LogP contribution is 2.33. The summed E-state index contributed by atoms with van der Waals surface area (Å²) >= 11 is 0. The summed E-state index contributed by atoms with van der Waals surface area (Å²) < 4.78 is 44.7. The van der Waals surface area contributed by atoms with Crippen LogP contribution >= 0.6 is 0 Å². The average molecular weight is 422 g/mol. The molecule has 0 amide bonds. The van der Waals surface area contributed by atoms with Crippen molar-refractivity contribution in [3.8, 4) is 28.4 Å². The van der Waals surface area contributed by atoms with Gasteiger partial charge in [-0.3, -0.25) is 4.98 Å². The standard InChI is InChI=1S/C23H17F3N4O/c1-31-19-9-7-18(8-10-19)28-21-13-20(15-4-2-6-17(12-15)23(24,25)26)29-22(30-21)16-5-3-11-27-14-16/h2-14H,1H3,(H,28,29,30). The fourth-order valence-corrected chi connectivity index (χ4v) is 2.96. The minimum absolute atomic E-state index is 0.333. The Kier molecular flexibility index (Phi) is 5.53. The summed E-state index contributed by atoms with van der Waals surface area (Å²) in [5.74, 6) is 1.49. The Hall–Kier alpha value is -3.94. The summed E-state index contributed by atoms with van der Waals surface area (Å²) in [5.41, 5.74) is 1.34. The first kappa shape index (κ1) is 20.3. The van der Waals surface area contributed by atoms with Crippen molar-refractivity contribution >= 4 is 11.5 Å². The molecule has 0 aliphatic carbocycles. The maximum absolute atomic E-state index is 13.2. The maximum Gasteiger partial charge on any atom is 0.416 e. The van der Waals surface area contributed by atoms with Crippen LogP contribution in [-0.4, -0.2) is 22.1 Å². The number of rotatable bonds is 5. The van der Waals surface area contributed by atoms with E-state index in [9.17, 15) is 13.2 Å². The molecule has 0 atom stereocenters. The van der Waals surface area contributed by atoms with Crippen LogP contribution in [0.15, 0.2) is 79.1 Å². The van der Waals surface area contributed by atoms with Crippen molar-refractivity contribution < 1.29 is 17.9 Å². The first-order valence-corrected chi connectivity index (χ1v) is 9.30. The molecule has 2 heterocycles. The lowest BCUT2D eigenvalue weighted by Crippen LogP contribution is -2.05. The van der Waals surface area contributed by atoms with Crippen LogP contribution in [0.2, 0.25) is 0 Å². The Morgan fingerprint density at radius 1 is 0.871 bits per heavy atom. The maximum atomic E-state index is 13.2. The van der Waals surface area contributed by atoms with Gasteiger partial charge in [0, 0.05) is 35.3 Å². The van der Waals surface area contributed by atoms with Crippen molar-refractivity contribution in [2.24, 2.45) is 0 Å². The summed E-state index contributed by atoms with van der Waals surface area (Å²) in [6.07, 6.45) is -1.22. The summed E-state index contributed by atoms with van der Waals surface area (Å²) in [4.78, 5) is 13.1. The third-order valence-corrected chi connectivity index (χ3v) is 4.49. The molecule has 1 N–H and O–H groups in total. The van der Waals surface area contributed by atoms with E-state index in [0.29, 0.717) is 34.2 Å². The van der Waals surface area contributed by atoms with Crippen molar-refractivity contribution in [3.63, 3.8) is 0 Å². The quantitative estimate of drug-likeness (QED) is 0.429. The molecular formula is C23H17F3N4O. The first-order valence-electron chi connectivity index (χ1n) is 9.30. The fraction of sp³-hybridized carbons (Fsp3) is 0.0870. The summed E-state index contributed by atoms with van der Waals surface area (Å²) in [7, 11) is 1.58. The normalized spacial score (nSPS) is 11.2. The summed E-state index contributed by atoms with van der Waals surface area (Å²) in [5, 5.41) is 3.17. The SMILES string of the molecule is COc1ccc(Nc2cc(-c3cccc(C(F)(F)F)c3)nc(-c3cccnc3)n2)cc1. The van der Waals surface area contributed by atoms with Crippen LogP contribution in [0.4, 0.5) is 24.7 Å². The minimum atomic E-state index is -4.45. The lowest BCUT2D eigenvalue weighted by Gasteiger charge is -2.12. The number of nitrogens with one attached hydrogen (secondary N) is 1. The van der Waals surface area contributed by atoms with Gasteiger partial charge < -0.3 is 10.1 Å². The number of alkyl halides is 3. The molecule has 0 saturated heterocycles. The van der Waals surface area contributed by atoms with E-state index in [-0.39, 0.29) is 0 Å². The van der Waals surface area contributed by atoms with Crippen LogP contribution < -0.4 is 10.1 Å². The highest BCUT2D eigenvalue weighted by molar-refractivity contribution is 5.70. The summed E-state index contributed by atoms with van der Waals surface area (Å²) in [6, 6.07) is 17.4. The van der Waals surface area contributed by atoms with Crippen LogP contribution in [-0.2, 0) is 6.18 Å². The van der Waals surface area contributed by atoms with Crippen molar-refractivity contribution in [2.45, 2.75) is 6.18 Å². The second kappa shape index (κ2) is 8.43. The number of aromatic nitrogens is 3. The van der Waals surface area contributed by atoms with Gasteiger partial charge in [-0.1, -0.05) is 12.1 Å². The number of pyridine rings is 1. The Balaban J connectivity index is 1.78. The second-order valence-electron chi connectivity index (χ2n) is 6.64. The molecule has 2 aromatic carbocycles. The van der Waals surface area contributed by atoms with Crippen LogP contribution in [0.25, 0.3) is 22.6 Å². The molecule has 0 bridgehead atoms. The highest BCUT2D eigenvalue weighted by atomic mass is 19.4. The predicted molar refractivity (Wildman–Crippen MR) is 112 cm³/mol. The minimum Gasteiger partial charge on any atom is -0.497 e. The van der Waals surface area contributed by atoms with Gasteiger partial charge in [0.1, 0.15) is 11.6 Å². The zero-order valence-corrected chi connectivity index (χ0v) is 16.4. The zero-order chi connectivity index (χ0) is 21.8. The van der Waals surface area contributed by atoms with E-state index in [1.54, 1.807) is 55.9 Å². The Morgan fingerprint density at radius 3 is 2.32 bits per heavy atom. The summed E-state index contributed by atoms with van der Waals surface area (Å²) in [6.45, 7) is 0. The number of methoxy groups -OCH3 is 1. The zero-order valence-electron chi connectivity index (χ0n) is 16.4. The van der Waals surface area contributed by atoms with Crippen molar-refractivity contribution in [2.75, 3.05) is 12.4 Å². The second-order valence-corrected chi connectivity index (χ2v) is 6.64. The van der Waals surface area contributed by atoms with E-state index >= 15 is 0 Å². The van der Waals surface area contributed by atoms with Crippen molar-refractivity contribution in [1.82, 2.24) is 15.0 Å². The monoisotopic (exact) mass is 422 g/mol. The van der Waals surface area contributed by atoms with E-state index in [4.69, 9.17) is 4.74 Å². The van der Waals surface area contributed by atoms with E-state index in [1.807, 2.05) is 12.1 Å². The van der Waals surface area contributed by atoms with E-state index in [1.165, 1.54) is 6.07 Å². The molecule has 0 saturated carbocycles. The molecule has 0 aliphatic rings. The van der Waals surface area contributed by atoms with Gasteiger partial charge in [-0.15, -0.1) is 0 Å². The Morgan fingerprint density at radius 2 is 1.65 bits per heavy atom. The lowest BCUT2D eigenvalue weighted by molar-refractivity contribution is -0.137. The average Bonchev–Trinajstić information content (AvgIpc) is 2.79. The number of hydrogen-bond acceptors (Lipinski definition) is 5. The molecule has 0 radical (unpaired) electrons. The van der Waals surface area contributed by atoms with Gasteiger partial charge in [0.15, 0.2) is 5.82 Å². The molecule has 5 nitrogen and oxygen atoms in total. The molecule has 4 aromatic rings.